The molecule has 36 heavy (non-hydrogen) atoms. The number of benzene rings is 2. The monoisotopic (exact) mass is 494 g/mol. The number of halogens is 3. The zero-order valence-corrected chi connectivity index (χ0v) is 18.7. The number of hydrogen-bond acceptors (Lipinski definition) is 4. The molecule has 11 heteroatoms. The lowest BCUT2D eigenvalue weighted by molar-refractivity contribution is -0.141. The minimum absolute atomic E-state index is 0.0146. The van der Waals surface area contributed by atoms with Gasteiger partial charge < -0.3 is 21.3 Å². The summed E-state index contributed by atoms with van der Waals surface area (Å²) in [7, 11) is 0. The molecule has 4 N–H and O–H groups in total. The molecule has 0 aliphatic rings. The van der Waals surface area contributed by atoms with Crippen LogP contribution in [0.25, 0.3) is 0 Å². The predicted octanol–water partition coefficient (Wildman–Crippen LogP) is 6.47. The van der Waals surface area contributed by atoms with E-state index in [9.17, 15) is 22.8 Å². The van der Waals surface area contributed by atoms with E-state index >= 15 is 0 Å². The summed E-state index contributed by atoms with van der Waals surface area (Å²) in [6.07, 6.45) is -0.315. The van der Waals surface area contributed by atoms with Crippen LogP contribution in [0.1, 0.15) is 5.69 Å². The van der Waals surface area contributed by atoms with Crippen LogP contribution in [0.3, 0.4) is 0 Å². The summed E-state index contributed by atoms with van der Waals surface area (Å²) < 4.78 is 37.4. The average molecular weight is 494 g/mol. The van der Waals surface area contributed by atoms with E-state index in [2.05, 4.69) is 31.2 Å². The summed E-state index contributed by atoms with van der Waals surface area (Å²) in [4.78, 5) is 30.2. The van der Waals surface area contributed by atoms with Crippen molar-refractivity contribution in [2.75, 3.05) is 21.3 Å². The Bertz CT molecular complexity index is 1210. The number of pyridine rings is 2. The lowest BCUT2D eigenvalue weighted by Gasteiger charge is -2.10. The second-order valence-electron chi connectivity index (χ2n) is 7.05. The van der Waals surface area contributed by atoms with Gasteiger partial charge in [-0.25, -0.2) is 9.59 Å². The fourth-order valence-electron chi connectivity index (χ4n) is 2.73. The van der Waals surface area contributed by atoms with Crippen molar-refractivity contribution in [3.05, 3.63) is 109 Å². The van der Waals surface area contributed by atoms with Crippen LogP contribution in [0.15, 0.2) is 104 Å². The van der Waals surface area contributed by atoms with Crippen molar-refractivity contribution in [3.8, 4) is 0 Å². The standard InChI is InChI=1S/C13H10F3N3O.C12H11N3O/c14-13(15,16)11-8-10(6-7-17-11)19-12(20)18-9-4-2-1-3-5-9;16-12(14-10-4-2-1-3-5-10)15-11-6-8-13-9-7-11/h1-8H,(H2,17,18,19,20);1-9H,(H2,13,14,15,16). The molecule has 0 saturated carbocycles. The minimum atomic E-state index is -4.55. The molecule has 4 rings (SSSR count). The molecule has 0 bridgehead atoms. The van der Waals surface area contributed by atoms with Crippen LogP contribution in [-0.4, -0.2) is 22.0 Å². The molecule has 2 aromatic carbocycles. The molecule has 2 aromatic heterocycles. The highest BCUT2D eigenvalue weighted by Crippen LogP contribution is 2.28. The number of alkyl halides is 3. The molecule has 4 aromatic rings. The van der Waals surface area contributed by atoms with Crippen molar-refractivity contribution in [2.24, 2.45) is 0 Å². The van der Waals surface area contributed by atoms with Crippen LogP contribution in [0.2, 0.25) is 0 Å². The molecule has 0 saturated heterocycles. The normalized spacial score (nSPS) is 10.3. The zero-order chi connectivity index (χ0) is 25.8. The first kappa shape index (κ1) is 25.7. The molecular formula is C25H21F3N6O2. The van der Waals surface area contributed by atoms with Gasteiger partial charge in [0.1, 0.15) is 5.69 Å². The quantitative estimate of drug-likeness (QED) is 0.261. The first-order valence-corrected chi connectivity index (χ1v) is 10.5. The summed E-state index contributed by atoms with van der Waals surface area (Å²) in [6.45, 7) is 0. The van der Waals surface area contributed by atoms with Gasteiger partial charge in [-0.2, -0.15) is 13.2 Å². The number of urea groups is 2. The van der Waals surface area contributed by atoms with Crippen LogP contribution < -0.4 is 21.3 Å². The van der Waals surface area contributed by atoms with Gasteiger partial charge in [0.25, 0.3) is 0 Å². The van der Waals surface area contributed by atoms with E-state index in [4.69, 9.17) is 0 Å². The number of rotatable bonds is 4. The SMILES string of the molecule is O=C(Nc1ccccc1)Nc1ccnc(C(F)(F)F)c1.O=C(Nc1ccccc1)Nc1ccncc1. The maximum absolute atomic E-state index is 12.5. The third-order valence-corrected chi connectivity index (χ3v) is 4.31. The number of amides is 4. The molecule has 184 valence electrons. The second-order valence-corrected chi connectivity index (χ2v) is 7.05. The van der Waals surface area contributed by atoms with Crippen LogP contribution in [0, 0.1) is 0 Å². The molecule has 0 radical (unpaired) electrons. The van der Waals surface area contributed by atoms with Crippen molar-refractivity contribution in [3.63, 3.8) is 0 Å². The van der Waals surface area contributed by atoms with Gasteiger partial charge in [-0.05, 0) is 48.5 Å². The zero-order valence-electron chi connectivity index (χ0n) is 18.7. The summed E-state index contributed by atoms with van der Waals surface area (Å²) in [6, 6.07) is 22.4. The Hall–Kier alpha value is -4.93. The van der Waals surface area contributed by atoms with Crippen LogP contribution in [-0.2, 0) is 6.18 Å². The van der Waals surface area contributed by atoms with E-state index in [0.29, 0.717) is 11.4 Å². The van der Waals surface area contributed by atoms with Crippen LogP contribution >= 0.6 is 0 Å². The molecule has 0 aliphatic carbocycles. The summed E-state index contributed by atoms with van der Waals surface area (Å²) in [5.74, 6) is 0. The molecule has 0 aliphatic heterocycles. The second kappa shape index (κ2) is 12.5. The fourth-order valence-corrected chi connectivity index (χ4v) is 2.73. The number of carbonyl (C=O) groups excluding carboxylic acids is 2. The van der Waals surface area contributed by atoms with Crippen LogP contribution in [0.4, 0.5) is 45.5 Å². The van der Waals surface area contributed by atoms with Crippen LogP contribution in [0.5, 0.6) is 0 Å². The van der Waals surface area contributed by atoms with Gasteiger partial charge in [-0.15, -0.1) is 0 Å². The van der Waals surface area contributed by atoms with Gasteiger partial charge in [0, 0.05) is 41.3 Å². The fraction of sp³-hybridized carbons (Fsp3) is 0.0400. The topological polar surface area (TPSA) is 108 Å². The van der Waals surface area contributed by atoms with Gasteiger partial charge in [0.05, 0.1) is 0 Å². The first-order valence-electron chi connectivity index (χ1n) is 10.5. The Morgan fingerprint density at radius 1 is 0.583 bits per heavy atom. The van der Waals surface area contributed by atoms with E-state index < -0.39 is 17.9 Å². The third kappa shape index (κ3) is 8.78. The Balaban J connectivity index is 0.000000205. The average Bonchev–Trinajstić information content (AvgIpc) is 2.86. The maximum atomic E-state index is 12.5. The molecule has 0 spiro atoms. The van der Waals surface area contributed by atoms with Crippen molar-refractivity contribution in [2.45, 2.75) is 6.18 Å². The van der Waals surface area contributed by atoms with E-state index in [0.717, 1.165) is 18.0 Å². The number of nitrogens with one attached hydrogen (secondary N) is 4. The van der Waals surface area contributed by atoms with Gasteiger partial charge in [0.15, 0.2) is 0 Å². The highest BCUT2D eigenvalue weighted by molar-refractivity contribution is 6.00. The highest BCUT2D eigenvalue weighted by Gasteiger charge is 2.32. The first-order chi connectivity index (χ1) is 17.3. The van der Waals surface area contributed by atoms with Gasteiger partial charge in [-0.1, -0.05) is 36.4 Å². The predicted molar refractivity (Wildman–Crippen MR) is 132 cm³/mol. The summed E-state index contributed by atoms with van der Waals surface area (Å²) in [5, 5.41) is 10.2. The van der Waals surface area contributed by atoms with Gasteiger partial charge >= 0.3 is 18.2 Å². The molecule has 8 nitrogen and oxygen atoms in total. The number of carbonyl (C=O) groups is 2. The number of hydrogen-bond donors (Lipinski definition) is 4. The lowest BCUT2D eigenvalue weighted by atomic mass is 10.3. The van der Waals surface area contributed by atoms with E-state index in [1.165, 1.54) is 6.07 Å². The van der Waals surface area contributed by atoms with Crippen molar-refractivity contribution >= 4 is 34.8 Å². The largest absolute Gasteiger partial charge is 0.433 e. The number of aromatic nitrogens is 2. The Labute approximate surface area is 204 Å². The number of anilines is 4. The Morgan fingerprint density at radius 2 is 1.00 bits per heavy atom. The molecule has 0 atom stereocenters. The molecule has 0 fully saturated rings. The van der Waals surface area contributed by atoms with Crippen molar-refractivity contribution in [1.29, 1.82) is 0 Å². The molecule has 4 amide bonds. The van der Waals surface area contributed by atoms with Gasteiger partial charge in [-0.3, -0.25) is 9.97 Å². The van der Waals surface area contributed by atoms with E-state index in [1.54, 1.807) is 54.9 Å². The summed E-state index contributed by atoms with van der Waals surface area (Å²) >= 11 is 0. The third-order valence-electron chi connectivity index (χ3n) is 4.31. The Morgan fingerprint density at radius 3 is 1.47 bits per heavy atom. The number of nitrogens with zero attached hydrogens (tertiary/aromatic N) is 2. The number of para-hydroxylation sites is 2. The Kier molecular flexibility index (Phi) is 8.93. The smallest absolute Gasteiger partial charge is 0.308 e. The molecular weight excluding hydrogens is 473 g/mol. The van der Waals surface area contributed by atoms with Crippen molar-refractivity contribution in [1.82, 2.24) is 9.97 Å². The summed E-state index contributed by atoms with van der Waals surface area (Å²) in [5.41, 5.74) is 0.961. The highest BCUT2D eigenvalue weighted by atomic mass is 19.4. The maximum Gasteiger partial charge on any atom is 0.433 e. The van der Waals surface area contributed by atoms with E-state index in [-0.39, 0.29) is 11.7 Å². The minimum Gasteiger partial charge on any atom is -0.308 e. The van der Waals surface area contributed by atoms with E-state index in [1.807, 2.05) is 30.3 Å². The lowest BCUT2D eigenvalue weighted by Crippen LogP contribution is -2.20. The molecule has 0 unspecified atom stereocenters. The van der Waals surface area contributed by atoms with Gasteiger partial charge in [0.2, 0.25) is 0 Å². The van der Waals surface area contributed by atoms with Crippen molar-refractivity contribution < 1.29 is 22.8 Å². The molecule has 2 heterocycles.